The first kappa shape index (κ1) is 14.8. The van der Waals surface area contributed by atoms with Gasteiger partial charge in [0, 0.05) is 29.4 Å². The van der Waals surface area contributed by atoms with Crippen molar-refractivity contribution in [2.75, 3.05) is 13.6 Å². The first-order valence-electron chi connectivity index (χ1n) is 7.25. The highest BCUT2D eigenvalue weighted by atomic mass is 32.1. The summed E-state index contributed by atoms with van der Waals surface area (Å²) in [6.45, 7) is 2.15. The van der Waals surface area contributed by atoms with E-state index in [0.717, 1.165) is 6.54 Å². The fourth-order valence-corrected chi connectivity index (χ4v) is 3.86. The Labute approximate surface area is 133 Å². The Morgan fingerprint density at radius 3 is 2.29 bits per heavy atom. The lowest BCUT2D eigenvalue weighted by molar-refractivity contribution is -0.131. The highest BCUT2D eigenvalue weighted by Crippen LogP contribution is 2.29. The second-order valence-electron chi connectivity index (χ2n) is 5.54. The molecule has 0 bridgehead atoms. The lowest BCUT2D eigenvalue weighted by atomic mass is 10.3. The van der Waals surface area contributed by atoms with Crippen molar-refractivity contribution in [1.82, 2.24) is 9.80 Å². The standard InChI is InChI=1S/C16H20N2OS2/c1-17(10-14-4-2-8-20-14)16(19)12-18(13-6-7-13)11-15-5-3-9-21-15/h2-5,8-9,13H,6-7,10-12H2,1H3. The fraction of sp³-hybridized carbons (Fsp3) is 0.438. The van der Waals surface area contributed by atoms with Crippen LogP contribution in [0.4, 0.5) is 0 Å². The van der Waals surface area contributed by atoms with E-state index in [1.807, 2.05) is 18.0 Å². The second-order valence-corrected chi connectivity index (χ2v) is 7.61. The van der Waals surface area contributed by atoms with Crippen molar-refractivity contribution in [3.05, 3.63) is 44.8 Å². The molecular formula is C16H20N2OS2. The third-order valence-electron chi connectivity index (χ3n) is 3.74. The van der Waals surface area contributed by atoms with Crippen LogP contribution in [-0.2, 0) is 17.9 Å². The van der Waals surface area contributed by atoms with Crippen molar-refractivity contribution in [3.8, 4) is 0 Å². The van der Waals surface area contributed by atoms with Gasteiger partial charge in [-0.15, -0.1) is 22.7 Å². The molecule has 2 heterocycles. The first-order valence-corrected chi connectivity index (χ1v) is 9.01. The SMILES string of the molecule is CN(Cc1cccs1)C(=O)CN(Cc1cccs1)C1CC1. The summed E-state index contributed by atoms with van der Waals surface area (Å²) in [6, 6.07) is 8.95. The Morgan fingerprint density at radius 2 is 1.76 bits per heavy atom. The third kappa shape index (κ3) is 4.15. The Kier molecular flexibility index (Phi) is 4.73. The average molecular weight is 320 g/mol. The van der Waals surface area contributed by atoms with Crippen LogP contribution in [0.1, 0.15) is 22.6 Å². The smallest absolute Gasteiger partial charge is 0.236 e. The molecule has 0 N–H and O–H groups in total. The van der Waals surface area contributed by atoms with E-state index < -0.39 is 0 Å². The van der Waals surface area contributed by atoms with Crippen molar-refractivity contribution in [1.29, 1.82) is 0 Å². The normalized spacial score (nSPS) is 14.6. The minimum Gasteiger partial charge on any atom is -0.340 e. The van der Waals surface area contributed by atoms with Gasteiger partial charge in [-0.25, -0.2) is 0 Å². The van der Waals surface area contributed by atoms with E-state index in [2.05, 4.69) is 33.9 Å². The van der Waals surface area contributed by atoms with E-state index in [1.165, 1.54) is 22.6 Å². The number of rotatable bonds is 7. The zero-order chi connectivity index (χ0) is 14.7. The average Bonchev–Trinajstić information content (AvgIpc) is 2.96. The molecule has 0 spiro atoms. The van der Waals surface area contributed by atoms with Gasteiger partial charge in [0.2, 0.25) is 5.91 Å². The molecule has 0 saturated heterocycles. The molecular weight excluding hydrogens is 300 g/mol. The molecule has 0 radical (unpaired) electrons. The van der Waals surface area contributed by atoms with Crippen molar-refractivity contribution in [2.24, 2.45) is 0 Å². The molecule has 0 atom stereocenters. The van der Waals surface area contributed by atoms with Crippen LogP contribution in [0.3, 0.4) is 0 Å². The molecule has 0 unspecified atom stereocenters. The van der Waals surface area contributed by atoms with Gasteiger partial charge in [0.25, 0.3) is 0 Å². The van der Waals surface area contributed by atoms with Crippen LogP contribution in [0.25, 0.3) is 0 Å². The van der Waals surface area contributed by atoms with Gasteiger partial charge in [-0.2, -0.15) is 0 Å². The predicted molar refractivity (Wildman–Crippen MR) is 88.5 cm³/mol. The maximum absolute atomic E-state index is 12.4. The van der Waals surface area contributed by atoms with E-state index in [-0.39, 0.29) is 5.91 Å². The van der Waals surface area contributed by atoms with Crippen LogP contribution < -0.4 is 0 Å². The third-order valence-corrected chi connectivity index (χ3v) is 5.46. The van der Waals surface area contributed by atoms with Crippen LogP contribution in [0.5, 0.6) is 0 Å². The summed E-state index contributed by atoms with van der Waals surface area (Å²) >= 11 is 3.47. The summed E-state index contributed by atoms with van der Waals surface area (Å²) < 4.78 is 0. The van der Waals surface area contributed by atoms with Crippen LogP contribution >= 0.6 is 22.7 Å². The zero-order valence-electron chi connectivity index (χ0n) is 12.2. The van der Waals surface area contributed by atoms with Gasteiger partial charge in [-0.05, 0) is 35.7 Å². The van der Waals surface area contributed by atoms with E-state index in [1.54, 1.807) is 22.7 Å². The van der Waals surface area contributed by atoms with Gasteiger partial charge in [0.1, 0.15) is 0 Å². The molecule has 3 rings (SSSR count). The molecule has 112 valence electrons. The molecule has 0 aromatic carbocycles. The van der Waals surface area contributed by atoms with Crippen LogP contribution in [0.2, 0.25) is 0 Å². The Balaban J connectivity index is 1.56. The van der Waals surface area contributed by atoms with Gasteiger partial charge in [-0.1, -0.05) is 12.1 Å². The molecule has 1 saturated carbocycles. The summed E-state index contributed by atoms with van der Waals surface area (Å²) in [5.41, 5.74) is 0. The summed E-state index contributed by atoms with van der Waals surface area (Å²) in [4.78, 5) is 19.2. The van der Waals surface area contributed by atoms with Crippen molar-refractivity contribution in [2.45, 2.75) is 32.0 Å². The van der Waals surface area contributed by atoms with Crippen LogP contribution in [0, 0.1) is 0 Å². The van der Waals surface area contributed by atoms with E-state index >= 15 is 0 Å². The summed E-state index contributed by atoms with van der Waals surface area (Å²) in [7, 11) is 1.90. The molecule has 1 aliphatic rings. The summed E-state index contributed by atoms with van der Waals surface area (Å²) in [6.07, 6.45) is 2.46. The van der Waals surface area contributed by atoms with Gasteiger partial charge < -0.3 is 4.90 Å². The molecule has 21 heavy (non-hydrogen) atoms. The molecule has 2 aromatic heterocycles. The fourth-order valence-electron chi connectivity index (χ4n) is 2.38. The van der Waals surface area contributed by atoms with Gasteiger partial charge in [-0.3, -0.25) is 9.69 Å². The van der Waals surface area contributed by atoms with E-state index in [0.29, 0.717) is 19.1 Å². The second kappa shape index (κ2) is 6.73. The Hall–Kier alpha value is -1.17. The molecule has 3 nitrogen and oxygen atoms in total. The Morgan fingerprint density at radius 1 is 1.14 bits per heavy atom. The number of hydrogen-bond acceptors (Lipinski definition) is 4. The Bertz CT molecular complexity index is 561. The largest absolute Gasteiger partial charge is 0.340 e. The summed E-state index contributed by atoms with van der Waals surface area (Å²) in [5, 5.41) is 4.16. The highest BCUT2D eigenvalue weighted by Gasteiger charge is 2.31. The van der Waals surface area contributed by atoms with Crippen molar-refractivity contribution in [3.63, 3.8) is 0 Å². The van der Waals surface area contributed by atoms with Crippen LogP contribution in [0.15, 0.2) is 35.0 Å². The quantitative estimate of drug-likeness (QED) is 0.780. The minimum absolute atomic E-state index is 0.215. The predicted octanol–water partition coefficient (Wildman–Crippen LogP) is 3.43. The van der Waals surface area contributed by atoms with E-state index in [4.69, 9.17) is 0 Å². The monoisotopic (exact) mass is 320 g/mol. The maximum Gasteiger partial charge on any atom is 0.236 e. The molecule has 1 fully saturated rings. The number of thiophene rings is 2. The number of hydrogen-bond donors (Lipinski definition) is 0. The molecule has 1 aliphatic carbocycles. The topological polar surface area (TPSA) is 23.6 Å². The molecule has 1 amide bonds. The highest BCUT2D eigenvalue weighted by molar-refractivity contribution is 7.10. The van der Waals surface area contributed by atoms with Crippen molar-refractivity contribution >= 4 is 28.6 Å². The summed E-state index contributed by atoms with van der Waals surface area (Å²) in [5.74, 6) is 0.215. The van der Waals surface area contributed by atoms with Crippen LogP contribution in [-0.4, -0.2) is 35.3 Å². The maximum atomic E-state index is 12.4. The number of nitrogens with zero attached hydrogens (tertiary/aromatic N) is 2. The zero-order valence-corrected chi connectivity index (χ0v) is 13.8. The van der Waals surface area contributed by atoms with E-state index in [9.17, 15) is 4.79 Å². The number of amides is 1. The number of carbonyl (C=O) groups is 1. The number of carbonyl (C=O) groups excluding carboxylic acids is 1. The number of likely N-dealkylation sites (N-methyl/N-ethyl adjacent to an activating group) is 1. The van der Waals surface area contributed by atoms with Gasteiger partial charge in [0.05, 0.1) is 13.1 Å². The molecule has 0 aliphatic heterocycles. The van der Waals surface area contributed by atoms with Gasteiger partial charge >= 0.3 is 0 Å². The minimum atomic E-state index is 0.215. The first-order chi connectivity index (χ1) is 10.2. The lowest BCUT2D eigenvalue weighted by Crippen LogP contribution is -2.38. The van der Waals surface area contributed by atoms with Gasteiger partial charge in [0.15, 0.2) is 0 Å². The molecule has 2 aromatic rings. The molecule has 5 heteroatoms. The van der Waals surface area contributed by atoms with Crippen molar-refractivity contribution < 1.29 is 4.79 Å². The lowest BCUT2D eigenvalue weighted by Gasteiger charge is -2.24.